The number of nitrogens with one attached hydrogen (secondary N) is 2. The Kier molecular flexibility index (Phi) is 5.15. The Morgan fingerprint density at radius 2 is 2.00 bits per heavy atom. The molecule has 1 aromatic rings. The quantitative estimate of drug-likeness (QED) is 0.687. The molecule has 5 heteroatoms. The van der Waals surface area contributed by atoms with Gasteiger partial charge in [0.05, 0.1) is 29.8 Å². The molecule has 1 rings (SSSR count). The van der Waals surface area contributed by atoms with Gasteiger partial charge < -0.3 is 5.11 Å². The van der Waals surface area contributed by atoms with E-state index >= 15 is 0 Å². The van der Waals surface area contributed by atoms with Gasteiger partial charge in [-0.2, -0.15) is 5.26 Å². The summed E-state index contributed by atoms with van der Waals surface area (Å²) in [5.74, 6) is -0.230. The maximum atomic E-state index is 11.5. The van der Waals surface area contributed by atoms with E-state index in [-0.39, 0.29) is 18.2 Å². The Balaban J connectivity index is 2.40. The van der Waals surface area contributed by atoms with Gasteiger partial charge in [0, 0.05) is 0 Å². The van der Waals surface area contributed by atoms with Crippen molar-refractivity contribution >= 4 is 11.6 Å². The lowest BCUT2D eigenvalue weighted by Crippen LogP contribution is -2.33. The Hall–Kier alpha value is -2.06. The fraction of sp³-hybridized carbons (Fsp3) is 0.385. The van der Waals surface area contributed by atoms with Crippen molar-refractivity contribution in [3.8, 4) is 6.07 Å². The lowest BCUT2D eigenvalue weighted by molar-refractivity contribution is -0.123. The van der Waals surface area contributed by atoms with Crippen LogP contribution in [0, 0.1) is 17.2 Å². The maximum absolute atomic E-state index is 11.5. The molecule has 1 atom stereocenters. The summed E-state index contributed by atoms with van der Waals surface area (Å²) in [6.07, 6.45) is -0.589. The second-order valence-corrected chi connectivity index (χ2v) is 4.38. The molecule has 1 unspecified atom stereocenters. The molecule has 0 spiro atoms. The van der Waals surface area contributed by atoms with Crippen LogP contribution in [0.15, 0.2) is 24.3 Å². The van der Waals surface area contributed by atoms with Crippen molar-refractivity contribution in [1.29, 1.82) is 5.26 Å². The van der Waals surface area contributed by atoms with Gasteiger partial charge in [-0.25, -0.2) is 0 Å². The monoisotopic (exact) mass is 247 g/mol. The van der Waals surface area contributed by atoms with E-state index in [2.05, 4.69) is 10.9 Å². The third-order valence-corrected chi connectivity index (χ3v) is 2.52. The van der Waals surface area contributed by atoms with Crippen molar-refractivity contribution in [3.63, 3.8) is 0 Å². The SMILES string of the molecule is CC(C)C(O)CC(=O)NNc1ccc(C#N)cc1. The number of aliphatic hydroxyl groups excluding tert-OH is 1. The van der Waals surface area contributed by atoms with Crippen LogP contribution in [0.25, 0.3) is 0 Å². The van der Waals surface area contributed by atoms with Crippen LogP contribution in [0.2, 0.25) is 0 Å². The summed E-state index contributed by atoms with van der Waals surface area (Å²) in [6, 6.07) is 8.69. The predicted molar refractivity (Wildman–Crippen MR) is 68.4 cm³/mol. The standard InChI is InChI=1S/C13H17N3O2/c1-9(2)12(17)7-13(18)16-15-11-5-3-10(8-14)4-6-11/h3-6,9,12,15,17H,7H2,1-2H3,(H,16,18). The normalized spacial score (nSPS) is 11.7. The van der Waals surface area contributed by atoms with Crippen LogP contribution in [0.5, 0.6) is 0 Å². The predicted octanol–water partition coefficient (Wildman–Crippen LogP) is 1.41. The Morgan fingerprint density at radius 3 is 2.50 bits per heavy atom. The van der Waals surface area contributed by atoms with Crippen LogP contribution in [0.1, 0.15) is 25.8 Å². The third-order valence-electron chi connectivity index (χ3n) is 2.52. The Labute approximate surface area is 106 Å². The van der Waals surface area contributed by atoms with Gasteiger partial charge in [0.2, 0.25) is 5.91 Å². The van der Waals surface area contributed by atoms with Crippen LogP contribution in [0.3, 0.4) is 0 Å². The van der Waals surface area contributed by atoms with Gasteiger partial charge in [0.15, 0.2) is 0 Å². The van der Waals surface area contributed by atoms with Crippen molar-refractivity contribution in [2.75, 3.05) is 5.43 Å². The van der Waals surface area contributed by atoms with Gasteiger partial charge in [-0.15, -0.1) is 0 Å². The minimum Gasteiger partial charge on any atom is -0.392 e. The molecule has 0 heterocycles. The van der Waals surface area contributed by atoms with Gasteiger partial charge in [-0.3, -0.25) is 15.6 Å². The molecule has 0 radical (unpaired) electrons. The second kappa shape index (κ2) is 6.62. The summed E-state index contributed by atoms with van der Waals surface area (Å²) in [4.78, 5) is 11.5. The summed E-state index contributed by atoms with van der Waals surface area (Å²) >= 11 is 0. The largest absolute Gasteiger partial charge is 0.392 e. The average molecular weight is 247 g/mol. The topological polar surface area (TPSA) is 85.2 Å². The van der Waals surface area contributed by atoms with Gasteiger partial charge in [0.25, 0.3) is 0 Å². The number of nitriles is 1. The highest BCUT2D eigenvalue weighted by molar-refractivity contribution is 5.77. The minimum atomic E-state index is -0.646. The molecule has 3 N–H and O–H groups in total. The van der Waals surface area contributed by atoms with Crippen LogP contribution in [0.4, 0.5) is 5.69 Å². The van der Waals surface area contributed by atoms with Crippen molar-refractivity contribution in [1.82, 2.24) is 5.43 Å². The van der Waals surface area contributed by atoms with Gasteiger partial charge in [0.1, 0.15) is 0 Å². The van der Waals surface area contributed by atoms with Crippen LogP contribution < -0.4 is 10.9 Å². The van der Waals surface area contributed by atoms with Gasteiger partial charge in [-0.1, -0.05) is 13.8 Å². The summed E-state index contributed by atoms with van der Waals surface area (Å²) in [6.45, 7) is 3.71. The molecule has 0 bridgehead atoms. The number of amides is 1. The molecule has 1 aromatic carbocycles. The lowest BCUT2D eigenvalue weighted by atomic mass is 10.0. The van der Waals surface area contributed by atoms with E-state index in [9.17, 15) is 9.90 Å². The number of rotatable bonds is 5. The molecule has 0 aliphatic carbocycles. The first kappa shape index (κ1) is 14.0. The average Bonchev–Trinajstić information content (AvgIpc) is 2.36. The highest BCUT2D eigenvalue weighted by Crippen LogP contribution is 2.08. The zero-order valence-corrected chi connectivity index (χ0v) is 10.5. The molecule has 0 saturated carbocycles. The van der Waals surface area contributed by atoms with Crippen LogP contribution in [-0.4, -0.2) is 17.1 Å². The first-order valence-corrected chi connectivity index (χ1v) is 5.76. The summed E-state index contributed by atoms with van der Waals surface area (Å²) < 4.78 is 0. The number of carbonyl (C=O) groups is 1. The Bertz CT molecular complexity index is 435. The molecule has 0 saturated heterocycles. The molecular formula is C13H17N3O2. The molecule has 0 aliphatic rings. The second-order valence-electron chi connectivity index (χ2n) is 4.38. The van der Waals surface area contributed by atoms with Gasteiger partial charge in [-0.05, 0) is 30.2 Å². The van der Waals surface area contributed by atoms with E-state index in [1.165, 1.54) is 0 Å². The van der Waals surface area contributed by atoms with Gasteiger partial charge >= 0.3 is 0 Å². The third kappa shape index (κ3) is 4.44. The van der Waals surface area contributed by atoms with Crippen molar-refractivity contribution in [2.45, 2.75) is 26.4 Å². The summed E-state index contributed by atoms with van der Waals surface area (Å²) in [5, 5.41) is 18.2. The van der Waals surface area contributed by atoms with Crippen molar-refractivity contribution in [2.24, 2.45) is 5.92 Å². The lowest BCUT2D eigenvalue weighted by Gasteiger charge is -2.14. The summed E-state index contributed by atoms with van der Waals surface area (Å²) in [5.41, 5.74) is 6.45. The molecule has 96 valence electrons. The van der Waals surface area contributed by atoms with E-state index < -0.39 is 6.10 Å². The zero-order valence-electron chi connectivity index (χ0n) is 10.5. The molecule has 18 heavy (non-hydrogen) atoms. The number of aliphatic hydroxyl groups is 1. The Morgan fingerprint density at radius 1 is 1.39 bits per heavy atom. The molecular weight excluding hydrogens is 230 g/mol. The first-order chi connectivity index (χ1) is 8.52. The number of anilines is 1. The number of hydrazine groups is 1. The number of nitrogens with zero attached hydrogens (tertiary/aromatic N) is 1. The highest BCUT2D eigenvalue weighted by Gasteiger charge is 2.13. The van der Waals surface area contributed by atoms with E-state index in [4.69, 9.17) is 5.26 Å². The summed E-state index contributed by atoms with van der Waals surface area (Å²) in [7, 11) is 0. The molecule has 5 nitrogen and oxygen atoms in total. The minimum absolute atomic E-state index is 0.0469. The zero-order chi connectivity index (χ0) is 13.5. The molecule has 0 aliphatic heterocycles. The number of benzene rings is 1. The molecule has 0 fully saturated rings. The van der Waals surface area contributed by atoms with E-state index in [1.54, 1.807) is 24.3 Å². The fourth-order valence-electron chi connectivity index (χ4n) is 1.25. The molecule has 0 aromatic heterocycles. The number of hydrogen-bond acceptors (Lipinski definition) is 4. The van der Waals surface area contributed by atoms with Crippen molar-refractivity contribution < 1.29 is 9.90 Å². The van der Waals surface area contributed by atoms with Crippen LogP contribution >= 0.6 is 0 Å². The molecule has 1 amide bonds. The number of carbonyl (C=O) groups excluding carboxylic acids is 1. The first-order valence-electron chi connectivity index (χ1n) is 5.76. The van der Waals surface area contributed by atoms with Crippen molar-refractivity contribution in [3.05, 3.63) is 29.8 Å². The van der Waals surface area contributed by atoms with E-state index in [1.807, 2.05) is 19.9 Å². The van der Waals surface area contributed by atoms with Crippen LogP contribution in [-0.2, 0) is 4.79 Å². The van der Waals surface area contributed by atoms with E-state index in [0.717, 1.165) is 0 Å². The smallest absolute Gasteiger partial charge is 0.240 e. The number of hydrogen-bond donors (Lipinski definition) is 3. The fourth-order valence-corrected chi connectivity index (χ4v) is 1.25. The highest BCUT2D eigenvalue weighted by atomic mass is 16.3. The van der Waals surface area contributed by atoms with E-state index in [0.29, 0.717) is 11.3 Å². The maximum Gasteiger partial charge on any atom is 0.240 e.